The second-order valence-electron chi connectivity index (χ2n) is 4.53. The lowest BCUT2D eigenvalue weighted by atomic mass is 9.79. The van der Waals surface area contributed by atoms with Crippen LogP contribution in [0.1, 0.15) is 36.5 Å². The molecule has 0 amide bonds. The monoisotopic (exact) mass is 252 g/mol. The van der Waals surface area contributed by atoms with Crippen LogP contribution in [0.5, 0.6) is 0 Å². The van der Waals surface area contributed by atoms with Crippen molar-refractivity contribution in [2.24, 2.45) is 0 Å². The molecular formula is C12H13BrO. The van der Waals surface area contributed by atoms with Crippen molar-refractivity contribution in [2.45, 2.75) is 35.6 Å². The minimum Gasteiger partial charge on any atom is -0.387 e. The van der Waals surface area contributed by atoms with Crippen LogP contribution in [0.25, 0.3) is 0 Å². The summed E-state index contributed by atoms with van der Waals surface area (Å²) in [6.45, 7) is 0. The summed E-state index contributed by atoms with van der Waals surface area (Å²) < 4.78 is 0. The Hall–Kier alpha value is -0.340. The number of halogens is 1. The van der Waals surface area contributed by atoms with Gasteiger partial charge in [0.05, 0.1) is 6.10 Å². The molecule has 1 fully saturated rings. The Morgan fingerprint density at radius 3 is 2.71 bits per heavy atom. The molecule has 1 aromatic carbocycles. The van der Waals surface area contributed by atoms with Crippen molar-refractivity contribution < 1.29 is 5.11 Å². The molecule has 2 aliphatic rings. The van der Waals surface area contributed by atoms with Crippen molar-refractivity contribution >= 4 is 15.9 Å². The molecule has 0 aliphatic heterocycles. The summed E-state index contributed by atoms with van der Waals surface area (Å²) in [4.78, 5) is 0.236. The van der Waals surface area contributed by atoms with E-state index >= 15 is 0 Å². The Morgan fingerprint density at radius 1 is 1.29 bits per heavy atom. The van der Waals surface area contributed by atoms with Crippen LogP contribution in [0.4, 0.5) is 0 Å². The Kier molecular flexibility index (Phi) is 1.80. The van der Waals surface area contributed by atoms with Crippen molar-refractivity contribution in [1.82, 2.24) is 0 Å². The predicted octanol–water partition coefficient (Wildman–Crippen LogP) is 2.92. The number of fused-ring (bicyclic) bond motifs is 2. The Balaban J connectivity index is 2.16. The van der Waals surface area contributed by atoms with Crippen molar-refractivity contribution in [3.63, 3.8) is 0 Å². The van der Waals surface area contributed by atoms with E-state index in [9.17, 15) is 5.11 Å². The number of aliphatic hydroxyl groups excluding tert-OH is 1. The highest BCUT2D eigenvalue weighted by Crippen LogP contribution is 2.58. The lowest BCUT2D eigenvalue weighted by Gasteiger charge is -2.32. The average Bonchev–Trinajstić information content (AvgIpc) is 2.96. The molecule has 0 bridgehead atoms. The van der Waals surface area contributed by atoms with Crippen molar-refractivity contribution in [1.29, 1.82) is 0 Å². The fraction of sp³-hybridized carbons (Fsp3) is 0.500. The highest BCUT2D eigenvalue weighted by molar-refractivity contribution is 9.09. The Morgan fingerprint density at radius 2 is 2.00 bits per heavy atom. The number of hydrogen-bond donors (Lipinski definition) is 1. The lowest BCUT2D eigenvalue weighted by Crippen LogP contribution is -2.28. The van der Waals surface area contributed by atoms with E-state index in [1.807, 2.05) is 6.07 Å². The molecule has 1 nitrogen and oxygen atoms in total. The quantitative estimate of drug-likeness (QED) is 0.705. The second-order valence-corrected chi connectivity index (χ2v) is 5.71. The zero-order valence-electron chi connectivity index (χ0n) is 7.91. The third-order valence-electron chi connectivity index (χ3n) is 3.63. The van der Waals surface area contributed by atoms with E-state index in [1.165, 1.54) is 18.4 Å². The second kappa shape index (κ2) is 2.83. The minimum atomic E-state index is -0.322. The number of rotatable bonds is 0. The maximum atomic E-state index is 10.0. The number of alkyl halides is 1. The average molecular weight is 253 g/mol. The molecule has 1 saturated carbocycles. The first-order valence-corrected chi connectivity index (χ1v) is 6.06. The van der Waals surface area contributed by atoms with Crippen LogP contribution in [0, 0.1) is 0 Å². The van der Waals surface area contributed by atoms with Gasteiger partial charge in [-0.05, 0) is 35.8 Å². The van der Waals surface area contributed by atoms with E-state index in [1.54, 1.807) is 0 Å². The molecule has 0 saturated heterocycles. The molecule has 0 radical (unpaired) electrons. The van der Waals surface area contributed by atoms with Gasteiger partial charge < -0.3 is 5.11 Å². The molecule has 0 unspecified atom stereocenters. The van der Waals surface area contributed by atoms with Crippen LogP contribution in [0.15, 0.2) is 24.3 Å². The molecule has 2 aliphatic carbocycles. The van der Waals surface area contributed by atoms with E-state index in [4.69, 9.17) is 0 Å². The lowest BCUT2D eigenvalue weighted by molar-refractivity contribution is 0.157. The maximum absolute atomic E-state index is 10.0. The largest absolute Gasteiger partial charge is 0.387 e. The summed E-state index contributed by atoms with van der Waals surface area (Å²) in [6.07, 6.45) is 3.35. The van der Waals surface area contributed by atoms with Gasteiger partial charge in [0.15, 0.2) is 0 Å². The van der Waals surface area contributed by atoms with Crippen molar-refractivity contribution in [3.8, 4) is 0 Å². The van der Waals surface area contributed by atoms with Gasteiger partial charge in [-0.1, -0.05) is 40.2 Å². The SMILES string of the molecule is O[C@@H]1c2ccccc2C2(CC2)C[C@H]1Br. The Labute approximate surface area is 92.3 Å². The summed E-state index contributed by atoms with van der Waals surface area (Å²) >= 11 is 3.59. The Bertz CT molecular complexity index is 370. The summed E-state index contributed by atoms with van der Waals surface area (Å²) in [6, 6.07) is 8.35. The van der Waals surface area contributed by atoms with Gasteiger partial charge in [-0.15, -0.1) is 0 Å². The van der Waals surface area contributed by atoms with Crippen LogP contribution in [-0.2, 0) is 5.41 Å². The zero-order chi connectivity index (χ0) is 9.76. The summed E-state index contributed by atoms with van der Waals surface area (Å²) in [5, 5.41) is 10.0. The molecule has 2 atom stereocenters. The fourth-order valence-corrected chi connectivity index (χ4v) is 3.56. The van der Waals surface area contributed by atoms with Gasteiger partial charge in [0, 0.05) is 4.83 Å². The van der Waals surface area contributed by atoms with Gasteiger partial charge in [0.2, 0.25) is 0 Å². The molecule has 1 aromatic rings. The van der Waals surface area contributed by atoms with Gasteiger partial charge in [0.25, 0.3) is 0 Å². The fourth-order valence-electron chi connectivity index (χ4n) is 2.65. The number of benzene rings is 1. The number of hydrogen-bond acceptors (Lipinski definition) is 1. The van der Waals surface area contributed by atoms with Gasteiger partial charge in [0.1, 0.15) is 0 Å². The molecular weight excluding hydrogens is 240 g/mol. The molecule has 2 heteroatoms. The molecule has 1 spiro atoms. The van der Waals surface area contributed by atoms with E-state index in [0.717, 1.165) is 12.0 Å². The molecule has 0 heterocycles. The van der Waals surface area contributed by atoms with Gasteiger partial charge in [-0.3, -0.25) is 0 Å². The molecule has 14 heavy (non-hydrogen) atoms. The van der Waals surface area contributed by atoms with Gasteiger partial charge >= 0.3 is 0 Å². The maximum Gasteiger partial charge on any atom is 0.0918 e. The smallest absolute Gasteiger partial charge is 0.0918 e. The first kappa shape index (κ1) is 8.93. The zero-order valence-corrected chi connectivity index (χ0v) is 9.50. The molecule has 74 valence electrons. The van der Waals surface area contributed by atoms with E-state index in [-0.39, 0.29) is 10.9 Å². The summed E-state index contributed by atoms with van der Waals surface area (Å²) in [5.41, 5.74) is 2.94. The van der Waals surface area contributed by atoms with Crippen LogP contribution < -0.4 is 0 Å². The highest BCUT2D eigenvalue weighted by Gasteiger charge is 2.51. The molecule has 1 N–H and O–H groups in total. The van der Waals surface area contributed by atoms with Crippen LogP contribution in [0.3, 0.4) is 0 Å². The topological polar surface area (TPSA) is 20.2 Å². The molecule has 0 aromatic heterocycles. The predicted molar refractivity (Wildman–Crippen MR) is 59.6 cm³/mol. The first-order chi connectivity index (χ1) is 6.73. The van der Waals surface area contributed by atoms with E-state index < -0.39 is 0 Å². The van der Waals surface area contributed by atoms with E-state index in [2.05, 4.69) is 34.1 Å². The minimum absolute atomic E-state index is 0.236. The normalized spacial score (nSPS) is 32.7. The van der Waals surface area contributed by atoms with Crippen LogP contribution >= 0.6 is 15.9 Å². The molecule has 3 rings (SSSR count). The van der Waals surface area contributed by atoms with Crippen LogP contribution in [0.2, 0.25) is 0 Å². The number of aliphatic hydroxyl groups is 1. The highest BCUT2D eigenvalue weighted by atomic mass is 79.9. The summed E-state index contributed by atoms with van der Waals surface area (Å²) in [7, 11) is 0. The van der Waals surface area contributed by atoms with Crippen LogP contribution in [-0.4, -0.2) is 9.93 Å². The first-order valence-electron chi connectivity index (χ1n) is 5.14. The third kappa shape index (κ3) is 1.10. The standard InChI is InChI=1S/C12H13BrO/c13-10-7-12(5-6-12)9-4-2-1-3-8(9)11(10)14/h1-4,10-11,14H,5-7H2/t10-,11-/m1/s1. The van der Waals surface area contributed by atoms with Crippen molar-refractivity contribution in [2.75, 3.05) is 0 Å². The van der Waals surface area contributed by atoms with E-state index in [0.29, 0.717) is 5.41 Å². The van der Waals surface area contributed by atoms with Gasteiger partial charge in [-0.2, -0.15) is 0 Å². The summed E-state index contributed by atoms with van der Waals surface area (Å²) in [5.74, 6) is 0. The third-order valence-corrected chi connectivity index (χ3v) is 4.46. The van der Waals surface area contributed by atoms with Gasteiger partial charge in [-0.25, -0.2) is 0 Å². The van der Waals surface area contributed by atoms with Crippen molar-refractivity contribution in [3.05, 3.63) is 35.4 Å².